The first-order chi connectivity index (χ1) is 8.63. The third-order valence-electron chi connectivity index (χ3n) is 3.52. The minimum atomic E-state index is 0.244. The van der Waals surface area contributed by atoms with Gasteiger partial charge in [0.05, 0.1) is 6.10 Å². The zero-order valence-electron chi connectivity index (χ0n) is 11.8. The fraction of sp³-hybridized carbons (Fsp3) is 0.625. The van der Waals surface area contributed by atoms with Crippen molar-refractivity contribution in [1.82, 2.24) is 5.32 Å². The van der Waals surface area contributed by atoms with E-state index in [9.17, 15) is 0 Å². The van der Waals surface area contributed by atoms with Gasteiger partial charge in [0.1, 0.15) is 5.75 Å². The summed E-state index contributed by atoms with van der Waals surface area (Å²) in [6.45, 7) is 7.61. The minimum Gasteiger partial charge on any atom is -0.491 e. The topological polar surface area (TPSA) is 21.3 Å². The van der Waals surface area contributed by atoms with Crippen molar-refractivity contribution < 1.29 is 4.74 Å². The first-order valence-electron chi connectivity index (χ1n) is 7.12. The first-order valence-corrected chi connectivity index (χ1v) is 7.12. The summed E-state index contributed by atoms with van der Waals surface area (Å²) in [4.78, 5) is 0. The maximum atomic E-state index is 5.74. The molecule has 2 unspecified atom stereocenters. The number of piperidine rings is 1. The van der Waals surface area contributed by atoms with Crippen LogP contribution in [0.15, 0.2) is 24.3 Å². The summed E-state index contributed by atoms with van der Waals surface area (Å²) < 4.78 is 5.74. The summed E-state index contributed by atoms with van der Waals surface area (Å²) >= 11 is 0. The van der Waals surface area contributed by atoms with Crippen molar-refractivity contribution in [3.63, 3.8) is 0 Å². The number of ether oxygens (including phenoxy) is 1. The maximum Gasteiger partial charge on any atom is 0.119 e. The van der Waals surface area contributed by atoms with Crippen molar-refractivity contribution in [2.24, 2.45) is 5.92 Å². The van der Waals surface area contributed by atoms with Gasteiger partial charge in [0, 0.05) is 6.04 Å². The molecule has 1 aromatic rings. The second kappa shape index (κ2) is 6.24. The molecular weight excluding hydrogens is 222 g/mol. The monoisotopic (exact) mass is 247 g/mol. The molecule has 100 valence electrons. The summed E-state index contributed by atoms with van der Waals surface area (Å²) in [6.07, 6.45) is 3.99. The molecule has 0 aliphatic carbocycles. The predicted molar refractivity (Wildman–Crippen MR) is 76.1 cm³/mol. The van der Waals surface area contributed by atoms with Crippen molar-refractivity contribution in [3.8, 4) is 5.75 Å². The Labute approximate surface area is 111 Å². The molecule has 1 aromatic carbocycles. The smallest absolute Gasteiger partial charge is 0.119 e. The van der Waals surface area contributed by atoms with E-state index in [1.54, 1.807) is 0 Å². The molecule has 0 aromatic heterocycles. The number of benzene rings is 1. The van der Waals surface area contributed by atoms with Gasteiger partial charge in [0.15, 0.2) is 0 Å². The second-order valence-electron chi connectivity index (χ2n) is 5.81. The highest BCUT2D eigenvalue weighted by atomic mass is 16.5. The van der Waals surface area contributed by atoms with E-state index in [0.29, 0.717) is 6.04 Å². The average molecular weight is 247 g/mol. The molecule has 1 N–H and O–H groups in total. The van der Waals surface area contributed by atoms with Crippen molar-refractivity contribution in [1.29, 1.82) is 0 Å². The Kier molecular flexibility index (Phi) is 4.65. The van der Waals surface area contributed by atoms with Crippen LogP contribution < -0.4 is 10.1 Å². The van der Waals surface area contributed by atoms with Crippen molar-refractivity contribution in [2.75, 3.05) is 6.54 Å². The molecule has 1 fully saturated rings. The number of hydrogen-bond acceptors (Lipinski definition) is 2. The van der Waals surface area contributed by atoms with E-state index in [0.717, 1.165) is 24.6 Å². The Morgan fingerprint density at radius 1 is 1.33 bits per heavy atom. The van der Waals surface area contributed by atoms with Crippen LogP contribution in [0.2, 0.25) is 0 Å². The molecule has 0 radical (unpaired) electrons. The molecule has 0 saturated carbocycles. The third kappa shape index (κ3) is 4.02. The van der Waals surface area contributed by atoms with Crippen LogP contribution in [0.1, 0.15) is 39.2 Å². The fourth-order valence-electron chi connectivity index (χ4n) is 2.53. The van der Waals surface area contributed by atoms with Crippen molar-refractivity contribution >= 4 is 0 Å². The molecule has 0 bridgehead atoms. The van der Waals surface area contributed by atoms with Crippen LogP contribution in [-0.4, -0.2) is 18.7 Å². The van der Waals surface area contributed by atoms with Crippen LogP contribution in [0.4, 0.5) is 0 Å². The molecule has 1 heterocycles. The summed E-state index contributed by atoms with van der Waals surface area (Å²) in [6, 6.07) is 9.15. The van der Waals surface area contributed by atoms with Gasteiger partial charge in [0.25, 0.3) is 0 Å². The van der Waals surface area contributed by atoms with Gasteiger partial charge in [-0.2, -0.15) is 0 Å². The van der Waals surface area contributed by atoms with E-state index in [-0.39, 0.29) is 6.10 Å². The van der Waals surface area contributed by atoms with E-state index in [1.165, 1.54) is 18.4 Å². The predicted octanol–water partition coefficient (Wildman–Crippen LogP) is 3.40. The lowest BCUT2D eigenvalue weighted by atomic mass is 9.92. The first kappa shape index (κ1) is 13.4. The average Bonchev–Trinajstić information content (AvgIpc) is 2.32. The van der Waals surface area contributed by atoms with Crippen molar-refractivity contribution in [2.45, 2.75) is 52.2 Å². The van der Waals surface area contributed by atoms with Crippen LogP contribution in [0.25, 0.3) is 0 Å². The van der Waals surface area contributed by atoms with Gasteiger partial charge < -0.3 is 10.1 Å². The Bertz CT molecular complexity index is 367. The Hall–Kier alpha value is -1.02. The Morgan fingerprint density at radius 2 is 2.17 bits per heavy atom. The van der Waals surface area contributed by atoms with Gasteiger partial charge in [-0.25, -0.2) is 0 Å². The minimum absolute atomic E-state index is 0.244. The van der Waals surface area contributed by atoms with Crippen LogP contribution in [-0.2, 0) is 6.42 Å². The quantitative estimate of drug-likeness (QED) is 0.880. The lowest BCUT2D eigenvalue weighted by molar-refractivity contribution is 0.242. The van der Waals surface area contributed by atoms with Gasteiger partial charge in [-0.15, -0.1) is 0 Å². The highest BCUT2D eigenvalue weighted by Gasteiger charge is 2.17. The van der Waals surface area contributed by atoms with E-state index < -0.39 is 0 Å². The van der Waals surface area contributed by atoms with E-state index in [1.807, 2.05) is 6.07 Å². The molecule has 2 atom stereocenters. The summed E-state index contributed by atoms with van der Waals surface area (Å²) in [5, 5.41) is 3.64. The van der Waals surface area contributed by atoms with E-state index in [2.05, 4.69) is 44.3 Å². The number of hydrogen-bond donors (Lipinski definition) is 1. The van der Waals surface area contributed by atoms with Gasteiger partial charge in [-0.3, -0.25) is 0 Å². The summed E-state index contributed by atoms with van der Waals surface area (Å²) in [7, 11) is 0. The molecule has 1 aliphatic rings. The Morgan fingerprint density at radius 3 is 2.83 bits per heavy atom. The molecule has 0 spiro atoms. The van der Waals surface area contributed by atoms with Crippen LogP contribution in [0.5, 0.6) is 5.75 Å². The van der Waals surface area contributed by atoms with Gasteiger partial charge >= 0.3 is 0 Å². The zero-order valence-corrected chi connectivity index (χ0v) is 11.8. The number of nitrogens with one attached hydrogen (secondary N) is 1. The van der Waals surface area contributed by atoms with E-state index in [4.69, 9.17) is 4.74 Å². The normalized spacial score (nSPS) is 24.2. The molecular formula is C16H25NO. The van der Waals surface area contributed by atoms with E-state index >= 15 is 0 Å². The van der Waals surface area contributed by atoms with Crippen LogP contribution in [0, 0.1) is 5.92 Å². The third-order valence-corrected chi connectivity index (χ3v) is 3.52. The highest BCUT2D eigenvalue weighted by molar-refractivity contribution is 5.29. The fourth-order valence-corrected chi connectivity index (χ4v) is 2.53. The molecule has 18 heavy (non-hydrogen) atoms. The van der Waals surface area contributed by atoms with Crippen molar-refractivity contribution in [3.05, 3.63) is 29.8 Å². The van der Waals surface area contributed by atoms with Crippen LogP contribution in [0.3, 0.4) is 0 Å². The van der Waals surface area contributed by atoms with Gasteiger partial charge in [-0.1, -0.05) is 19.1 Å². The largest absolute Gasteiger partial charge is 0.491 e. The second-order valence-corrected chi connectivity index (χ2v) is 5.81. The van der Waals surface area contributed by atoms with Gasteiger partial charge in [0.2, 0.25) is 0 Å². The summed E-state index contributed by atoms with van der Waals surface area (Å²) in [5.41, 5.74) is 1.38. The number of rotatable bonds is 4. The summed E-state index contributed by atoms with van der Waals surface area (Å²) in [5.74, 6) is 1.82. The standard InChI is InChI=1S/C16H25NO/c1-12(2)18-16-6-4-5-14(10-16)9-15-8-7-13(3)11-17-15/h4-6,10,12-13,15,17H,7-9,11H2,1-3H3. The molecule has 2 rings (SSSR count). The molecule has 1 saturated heterocycles. The molecule has 2 heteroatoms. The Balaban J connectivity index is 1.92. The lowest BCUT2D eigenvalue weighted by Crippen LogP contribution is -2.39. The highest BCUT2D eigenvalue weighted by Crippen LogP contribution is 2.20. The maximum absolute atomic E-state index is 5.74. The van der Waals surface area contributed by atoms with Gasteiger partial charge in [-0.05, 0) is 63.3 Å². The van der Waals surface area contributed by atoms with Crippen LogP contribution >= 0.6 is 0 Å². The molecule has 0 amide bonds. The SMILES string of the molecule is CC1CCC(Cc2cccc(OC(C)C)c2)NC1. The molecule has 1 aliphatic heterocycles. The molecule has 2 nitrogen and oxygen atoms in total. The zero-order chi connectivity index (χ0) is 13.0. The lowest BCUT2D eigenvalue weighted by Gasteiger charge is -2.28.